The number of amides is 2. The summed E-state index contributed by atoms with van der Waals surface area (Å²) in [5.74, 6) is 0. The molecule has 2 N–H and O–H groups in total. The third-order valence-corrected chi connectivity index (χ3v) is 2.93. The van der Waals surface area contributed by atoms with Gasteiger partial charge in [-0.15, -0.1) is 0 Å². The first-order valence-electron chi connectivity index (χ1n) is 6.56. The van der Waals surface area contributed by atoms with Gasteiger partial charge in [0.05, 0.1) is 0 Å². The molecule has 0 unspecified atom stereocenters. The Balaban J connectivity index is 2.30. The quantitative estimate of drug-likeness (QED) is 0.708. The Morgan fingerprint density at radius 2 is 1.50 bits per heavy atom. The normalized spacial score (nSPS) is 19.7. The molecular weight excluding hydrogens is 200 g/mol. The molecule has 0 aromatic rings. The van der Waals surface area contributed by atoms with E-state index >= 15 is 0 Å². The molecule has 0 bridgehead atoms. The number of carbonyl (C=O) groups excluding carboxylic acids is 1. The van der Waals surface area contributed by atoms with Gasteiger partial charge in [0.1, 0.15) is 0 Å². The van der Waals surface area contributed by atoms with Crippen molar-refractivity contribution in [2.45, 2.75) is 77.3 Å². The lowest BCUT2D eigenvalue weighted by Gasteiger charge is -2.25. The lowest BCUT2D eigenvalue weighted by Crippen LogP contribution is -2.49. The Bertz CT molecular complexity index is 212. The monoisotopic (exact) mass is 226 g/mol. The van der Waals surface area contributed by atoms with Crippen LogP contribution in [0.3, 0.4) is 0 Å². The van der Waals surface area contributed by atoms with Gasteiger partial charge in [-0.3, -0.25) is 0 Å². The SMILES string of the molecule is CC(C)(C)NC(=O)NC1CCCCCCC1. The predicted octanol–water partition coefficient (Wildman–Crippen LogP) is 3.20. The zero-order chi connectivity index (χ0) is 12.0. The van der Waals surface area contributed by atoms with Crippen molar-refractivity contribution in [2.24, 2.45) is 0 Å². The van der Waals surface area contributed by atoms with Crippen LogP contribution in [0.25, 0.3) is 0 Å². The fraction of sp³-hybridized carbons (Fsp3) is 0.923. The molecule has 1 rings (SSSR count). The second-order valence-electron chi connectivity index (χ2n) is 5.89. The molecule has 0 aliphatic heterocycles. The highest BCUT2D eigenvalue weighted by molar-refractivity contribution is 5.74. The van der Waals surface area contributed by atoms with Crippen LogP contribution in [0.1, 0.15) is 65.7 Å². The molecule has 3 heteroatoms. The highest BCUT2D eigenvalue weighted by Crippen LogP contribution is 2.17. The van der Waals surface area contributed by atoms with Gasteiger partial charge >= 0.3 is 6.03 Å². The number of hydrogen-bond donors (Lipinski definition) is 2. The zero-order valence-electron chi connectivity index (χ0n) is 10.9. The molecule has 1 fully saturated rings. The minimum absolute atomic E-state index is 0.0157. The molecule has 0 aromatic heterocycles. The van der Waals surface area contributed by atoms with Crippen molar-refractivity contribution in [1.29, 1.82) is 0 Å². The molecule has 0 atom stereocenters. The smallest absolute Gasteiger partial charge is 0.315 e. The van der Waals surface area contributed by atoms with Crippen LogP contribution >= 0.6 is 0 Å². The second-order valence-corrected chi connectivity index (χ2v) is 5.89. The zero-order valence-corrected chi connectivity index (χ0v) is 10.9. The van der Waals surface area contributed by atoms with Gasteiger partial charge in [-0.2, -0.15) is 0 Å². The molecule has 94 valence electrons. The Morgan fingerprint density at radius 1 is 1.00 bits per heavy atom. The van der Waals surface area contributed by atoms with Crippen LogP contribution in [0.2, 0.25) is 0 Å². The van der Waals surface area contributed by atoms with Gasteiger partial charge in [-0.1, -0.05) is 32.1 Å². The van der Waals surface area contributed by atoms with Crippen molar-refractivity contribution >= 4 is 6.03 Å². The van der Waals surface area contributed by atoms with Gasteiger partial charge in [0.25, 0.3) is 0 Å². The highest BCUT2D eigenvalue weighted by Gasteiger charge is 2.17. The highest BCUT2D eigenvalue weighted by atomic mass is 16.2. The third-order valence-electron chi connectivity index (χ3n) is 2.93. The largest absolute Gasteiger partial charge is 0.335 e. The number of urea groups is 1. The first-order valence-corrected chi connectivity index (χ1v) is 6.56. The minimum atomic E-state index is -0.147. The summed E-state index contributed by atoms with van der Waals surface area (Å²) < 4.78 is 0. The van der Waals surface area contributed by atoms with Crippen LogP contribution in [0.5, 0.6) is 0 Å². The molecule has 1 saturated carbocycles. The van der Waals surface area contributed by atoms with E-state index in [4.69, 9.17) is 0 Å². The molecule has 0 spiro atoms. The van der Waals surface area contributed by atoms with E-state index in [0.717, 1.165) is 12.8 Å². The lowest BCUT2D eigenvalue weighted by atomic mass is 9.97. The van der Waals surface area contributed by atoms with E-state index in [1.165, 1.54) is 32.1 Å². The van der Waals surface area contributed by atoms with Crippen molar-refractivity contribution in [3.63, 3.8) is 0 Å². The molecule has 3 nitrogen and oxygen atoms in total. The van der Waals surface area contributed by atoms with E-state index in [-0.39, 0.29) is 11.6 Å². The van der Waals surface area contributed by atoms with Crippen LogP contribution < -0.4 is 10.6 Å². The van der Waals surface area contributed by atoms with Crippen molar-refractivity contribution in [3.05, 3.63) is 0 Å². The summed E-state index contributed by atoms with van der Waals surface area (Å²) in [6, 6.07) is 0.362. The fourth-order valence-electron chi connectivity index (χ4n) is 2.16. The van der Waals surface area contributed by atoms with Gasteiger partial charge in [0.15, 0.2) is 0 Å². The van der Waals surface area contributed by atoms with Crippen LogP contribution in [0, 0.1) is 0 Å². The second kappa shape index (κ2) is 6.12. The lowest BCUT2D eigenvalue weighted by molar-refractivity contribution is 0.225. The summed E-state index contributed by atoms with van der Waals surface area (Å²) in [4.78, 5) is 11.7. The van der Waals surface area contributed by atoms with E-state index in [0.29, 0.717) is 6.04 Å². The van der Waals surface area contributed by atoms with Gasteiger partial charge in [-0.05, 0) is 33.6 Å². The van der Waals surface area contributed by atoms with Crippen molar-refractivity contribution in [1.82, 2.24) is 10.6 Å². The topological polar surface area (TPSA) is 41.1 Å². The van der Waals surface area contributed by atoms with Gasteiger partial charge < -0.3 is 10.6 Å². The standard InChI is InChI=1S/C13H26N2O/c1-13(2,3)15-12(16)14-11-9-7-5-4-6-8-10-11/h11H,4-10H2,1-3H3,(H2,14,15,16). The maximum Gasteiger partial charge on any atom is 0.315 e. The Labute approximate surface area is 99.4 Å². The summed E-state index contributed by atoms with van der Waals surface area (Å²) >= 11 is 0. The van der Waals surface area contributed by atoms with Crippen molar-refractivity contribution in [2.75, 3.05) is 0 Å². The van der Waals surface area contributed by atoms with Crippen LogP contribution in [0.15, 0.2) is 0 Å². The van der Waals surface area contributed by atoms with Gasteiger partial charge in [0, 0.05) is 11.6 Å². The van der Waals surface area contributed by atoms with E-state index in [1.54, 1.807) is 0 Å². The Hall–Kier alpha value is -0.730. The van der Waals surface area contributed by atoms with Crippen LogP contribution in [0.4, 0.5) is 4.79 Å². The van der Waals surface area contributed by atoms with Crippen molar-refractivity contribution < 1.29 is 4.79 Å². The van der Waals surface area contributed by atoms with E-state index in [9.17, 15) is 4.79 Å². The number of hydrogen-bond acceptors (Lipinski definition) is 1. The summed E-state index contributed by atoms with van der Waals surface area (Å²) in [5, 5.41) is 6.05. The molecule has 0 heterocycles. The average molecular weight is 226 g/mol. The maximum atomic E-state index is 11.7. The minimum Gasteiger partial charge on any atom is -0.335 e. The molecule has 0 aromatic carbocycles. The predicted molar refractivity (Wildman–Crippen MR) is 67.5 cm³/mol. The molecule has 2 amide bonds. The molecule has 0 saturated heterocycles. The molecule has 16 heavy (non-hydrogen) atoms. The molecule has 0 radical (unpaired) electrons. The summed E-state index contributed by atoms with van der Waals surface area (Å²) in [7, 11) is 0. The number of nitrogens with one attached hydrogen (secondary N) is 2. The van der Waals surface area contributed by atoms with Crippen molar-refractivity contribution in [3.8, 4) is 0 Å². The van der Waals surface area contributed by atoms with Gasteiger partial charge in [-0.25, -0.2) is 4.79 Å². The average Bonchev–Trinajstić information content (AvgIpc) is 2.06. The van der Waals surface area contributed by atoms with Gasteiger partial charge in [0.2, 0.25) is 0 Å². The van der Waals surface area contributed by atoms with E-state index in [1.807, 2.05) is 20.8 Å². The maximum absolute atomic E-state index is 11.7. The summed E-state index contributed by atoms with van der Waals surface area (Å²) in [6.07, 6.45) is 8.77. The first-order chi connectivity index (χ1) is 7.47. The summed E-state index contributed by atoms with van der Waals surface area (Å²) in [5.41, 5.74) is -0.147. The number of carbonyl (C=O) groups is 1. The molecular formula is C13H26N2O. The van der Waals surface area contributed by atoms with E-state index < -0.39 is 0 Å². The van der Waals surface area contributed by atoms with Crippen LogP contribution in [-0.4, -0.2) is 17.6 Å². The molecule has 1 aliphatic carbocycles. The molecule has 1 aliphatic rings. The first kappa shape index (κ1) is 13.3. The fourth-order valence-corrected chi connectivity index (χ4v) is 2.16. The Morgan fingerprint density at radius 3 is 2.00 bits per heavy atom. The summed E-state index contributed by atoms with van der Waals surface area (Å²) in [6.45, 7) is 6.01. The number of rotatable bonds is 1. The Kier molecular flexibility index (Phi) is 5.10. The third kappa shape index (κ3) is 5.99. The van der Waals surface area contributed by atoms with E-state index in [2.05, 4.69) is 10.6 Å². The van der Waals surface area contributed by atoms with Crippen LogP contribution in [-0.2, 0) is 0 Å².